The van der Waals surface area contributed by atoms with Crippen molar-refractivity contribution in [2.24, 2.45) is 0 Å². The number of benzene rings is 3. The molecule has 0 spiro atoms. The molecule has 0 saturated heterocycles. The zero-order chi connectivity index (χ0) is 21.1. The minimum absolute atomic E-state index is 0.889. The van der Waals surface area contributed by atoms with Gasteiger partial charge < -0.3 is 15.3 Å². The van der Waals surface area contributed by atoms with Crippen LogP contribution in [0, 0.1) is 0 Å². The number of anilines is 2. The van der Waals surface area contributed by atoms with Gasteiger partial charge in [0.25, 0.3) is 0 Å². The van der Waals surface area contributed by atoms with Crippen molar-refractivity contribution < 1.29 is 0 Å². The summed E-state index contributed by atoms with van der Waals surface area (Å²) in [5.41, 5.74) is 9.61. The molecule has 3 N–H and O–H groups in total. The molecule has 7 rings (SSSR count). The van der Waals surface area contributed by atoms with E-state index in [4.69, 9.17) is 4.98 Å². The largest absolute Gasteiger partial charge is 0.345 e. The number of hydrogen-bond acceptors (Lipinski definition) is 5. The molecule has 6 nitrogen and oxygen atoms in total. The molecule has 152 valence electrons. The van der Waals surface area contributed by atoms with Gasteiger partial charge in [-0.25, -0.2) is 15.0 Å². The third-order valence-corrected chi connectivity index (χ3v) is 6.90. The van der Waals surface area contributed by atoms with Crippen molar-refractivity contribution in [3.05, 3.63) is 79.5 Å². The highest BCUT2D eigenvalue weighted by atomic mass is 32.2. The standard InChI is InChI=1S/C25H16N6S/c1-4-18-21(29-12-27-18)7-14(1)16-3-6-20-23(9-16)32-24-10-17(11-26-25(24)31-20)15-2-5-19-22(8-15)30-13-28-19/h1-13H,(H,26,31)(H,27,29)(H,28,30). The second kappa shape index (κ2) is 6.70. The van der Waals surface area contributed by atoms with Crippen LogP contribution in [0.25, 0.3) is 44.3 Å². The Morgan fingerprint density at radius 2 is 1.22 bits per heavy atom. The van der Waals surface area contributed by atoms with Crippen molar-refractivity contribution in [2.45, 2.75) is 9.79 Å². The van der Waals surface area contributed by atoms with E-state index in [-0.39, 0.29) is 0 Å². The number of imidazole rings is 2. The summed E-state index contributed by atoms with van der Waals surface area (Å²) in [6.07, 6.45) is 5.37. The lowest BCUT2D eigenvalue weighted by atomic mass is 10.0. The van der Waals surface area contributed by atoms with E-state index < -0.39 is 0 Å². The van der Waals surface area contributed by atoms with E-state index in [1.807, 2.05) is 18.3 Å². The van der Waals surface area contributed by atoms with E-state index >= 15 is 0 Å². The van der Waals surface area contributed by atoms with Gasteiger partial charge in [-0.2, -0.15) is 0 Å². The van der Waals surface area contributed by atoms with Gasteiger partial charge in [0.1, 0.15) is 5.82 Å². The average molecular weight is 433 g/mol. The number of fused-ring (bicyclic) bond motifs is 4. The summed E-state index contributed by atoms with van der Waals surface area (Å²) in [6.45, 7) is 0. The second-order valence-corrected chi connectivity index (χ2v) is 8.86. The quantitative estimate of drug-likeness (QED) is 0.295. The molecule has 1 aliphatic heterocycles. The molecule has 0 atom stereocenters. The van der Waals surface area contributed by atoms with Gasteiger partial charge in [0.15, 0.2) is 0 Å². The lowest BCUT2D eigenvalue weighted by molar-refractivity contribution is 1.20. The molecule has 0 aliphatic carbocycles. The van der Waals surface area contributed by atoms with Gasteiger partial charge in [0.05, 0.1) is 45.3 Å². The third-order valence-electron chi connectivity index (χ3n) is 5.81. The fourth-order valence-electron chi connectivity index (χ4n) is 4.14. The molecular formula is C25H16N6S. The number of aromatic amines is 2. The molecule has 4 heterocycles. The highest BCUT2D eigenvalue weighted by molar-refractivity contribution is 7.99. The van der Waals surface area contributed by atoms with Gasteiger partial charge >= 0.3 is 0 Å². The number of nitrogens with zero attached hydrogens (tertiary/aromatic N) is 3. The first kappa shape index (κ1) is 17.6. The van der Waals surface area contributed by atoms with Crippen LogP contribution in [0.3, 0.4) is 0 Å². The topological polar surface area (TPSA) is 82.3 Å². The second-order valence-electron chi connectivity index (χ2n) is 7.78. The van der Waals surface area contributed by atoms with E-state index in [2.05, 4.69) is 73.8 Å². The number of hydrogen-bond donors (Lipinski definition) is 3. The maximum Gasteiger partial charge on any atom is 0.144 e. The Morgan fingerprint density at radius 3 is 1.97 bits per heavy atom. The Bertz CT molecular complexity index is 1530. The number of aromatic nitrogens is 5. The third kappa shape index (κ3) is 2.79. The summed E-state index contributed by atoms with van der Waals surface area (Å²) in [6, 6.07) is 21.2. The molecule has 7 heteroatoms. The first-order valence-electron chi connectivity index (χ1n) is 10.3. The minimum atomic E-state index is 0.889. The summed E-state index contributed by atoms with van der Waals surface area (Å²) in [7, 11) is 0. The lowest BCUT2D eigenvalue weighted by Gasteiger charge is -2.21. The molecule has 0 amide bonds. The molecule has 0 unspecified atom stereocenters. The SMILES string of the molecule is c1nc2ccc(-c3ccc4c(c3)Sc3cc(-c5ccc6nc[nH]c6c5)cnc3N4)cc2[nH]1. The van der Waals surface area contributed by atoms with Crippen LogP contribution in [0.1, 0.15) is 0 Å². The van der Waals surface area contributed by atoms with Crippen molar-refractivity contribution in [3.8, 4) is 22.3 Å². The number of rotatable bonds is 2. The predicted molar refractivity (Wildman–Crippen MR) is 128 cm³/mol. The van der Waals surface area contributed by atoms with Crippen LogP contribution in [0.15, 0.2) is 89.3 Å². The molecule has 0 saturated carbocycles. The highest BCUT2D eigenvalue weighted by Crippen LogP contribution is 2.45. The van der Waals surface area contributed by atoms with E-state index in [1.54, 1.807) is 24.4 Å². The van der Waals surface area contributed by atoms with Gasteiger partial charge in [-0.15, -0.1) is 0 Å². The molecule has 3 aromatic heterocycles. The number of pyridine rings is 1. The maximum absolute atomic E-state index is 4.70. The smallest absolute Gasteiger partial charge is 0.144 e. The van der Waals surface area contributed by atoms with Crippen LogP contribution in [0.5, 0.6) is 0 Å². The maximum atomic E-state index is 4.70. The highest BCUT2D eigenvalue weighted by Gasteiger charge is 2.18. The minimum Gasteiger partial charge on any atom is -0.345 e. The van der Waals surface area contributed by atoms with Gasteiger partial charge in [0.2, 0.25) is 0 Å². The van der Waals surface area contributed by atoms with Crippen molar-refractivity contribution in [2.75, 3.05) is 5.32 Å². The van der Waals surface area contributed by atoms with Crippen molar-refractivity contribution in [1.82, 2.24) is 24.9 Å². The summed E-state index contributed by atoms with van der Waals surface area (Å²) in [5, 5.41) is 3.48. The average Bonchev–Trinajstić information content (AvgIpc) is 3.50. The first-order valence-corrected chi connectivity index (χ1v) is 11.1. The Hall–Kier alpha value is -4.10. The van der Waals surface area contributed by atoms with E-state index in [1.165, 1.54) is 10.5 Å². The van der Waals surface area contributed by atoms with Gasteiger partial charge in [-0.3, -0.25) is 0 Å². The molecule has 0 radical (unpaired) electrons. The molecule has 0 fully saturated rings. The normalized spacial score (nSPS) is 12.5. The monoisotopic (exact) mass is 432 g/mol. The summed E-state index contributed by atoms with van der Waals surface area (Å²) >= 11 is 1.75. The van der Waals surface area contributed by atoms with Gasteiger partial charge in [-0.1, -0.05) is 30.0 Å². The van der Waals surface area contributed by atoms with Crippen LogP contribution in [0.2, 0.25) is 0 Å². The summed E-state index contributed by atoms with van der Waals surface area (Å²) in [4.78, 5) is 22.0. The Morgan fingerprint density at radius 1 is 0.594 bits per heavy atom. The summed E-state index contributed by atoms with van der Waals surface area (Å²) in [5.74, 6) is 0.889. The van der Waals surface area contributed by atoms with Crippen LogP contribution >= 0.6 is 11.8 Å². The molecule has 6 aromatic rings. The summed E-state index contributed by atoms with van der Waals surface area (Å²) < 4.78 is 0. The molecule has 3 aromatic carbocycles. The lowest BCUT2D eigenvalue weighted by Crippen LogP contribution is -2.02. The first-order chi connectivity index (χ1) is 15.8. The van der Waals surface area contributed by atoms with Crippen LogP contribution in [0.4, 0.5) is 11.5 Å². The van der Waals surface area contributed by atoms with E-state index in [9.17, 15) is 0 Å². The van der Waals surface area contributed by atoms with Crippen molar-refractivity contribution >= 4 is 45.3 Å². The van der Waals surface area contributed by atoms with Crippen LogP contribution < -0.4 is 5.32 Å². The Balaban J connectivity index is 1.25. The fraction of sp³-hybridized carbons (Fsp3) is 0. The number of H-pyrrole nitrogens is 2. The van der Waals surface area contributed by atoms with Crippen LogP contribution in [-0.2, 0) is 0 Å². The fourth-order valence-corrected chi connectivity index (χ4v) is 5.18. The number of nitrogens with one attached hydrogen (secondary N) is 3. The molecule has 32 heavy (non-hydrogen) atoms. The zero-order valence-electron chi connectivity index (χ0n) is 16.8. The van der Waals surface area contributed by atoms with Gasteiger partial charge in [0, 0.05) is 16.7 Å². The Kier molecular flexibility index (Phi) is 3.68. The molecule has 1 aliphatic rings. The predicted octanol–water partition coefficient (Wildman–Crippen LogP) is 6.38. The zero-order valence-corrected chi connectivity index (χ0v) is 17.6. The van der Waals surface area contributed by atoms with E-state index in [0.717, 1.165) is 55.2 Å². The van der Waals surface area contributed by atoms with Gasteiger partial charge in [-0.05, 0) is 59.2 Å². The Labute approximate surface area is 187 Å². The van der Waals surface area contributed by atoms with Crippen molar-refractivity contribution in [3.63, 3.8) is 0 Å². The molecular weight excluding hydrogens is 416 g/mol. The van der Waals surface area contributed by atoms with Crippen LogP contribution in [-0.4, -0.2) is 24.9 Å². The van der Waals surface area contributed by atoms with E-state index in [0.29, 0.717) is 0 Å². The van der Waals surface area contributed by atoms with Crippen molar-refractivity contribution in [1.29, 1.82) is 0 Å². The molecule has 0 bridgehead atoms.